The number of hydrogen-bond acceptors (Lipinski definition) is 3. The molecule has 0 spiro atoms. The first-order chi connectivity index (χ1) is 14.7. The first-order valence-corrected chi connectivity index (χ1v) is 9.49. The van der Waals surface area contributed by atoms with Gasteiger partial charge in [-0.1, -0.05) is 0 Å². The number of benzene rings is 2. The molecule has 1 amide bonds. The van der Waals surface area contributed by atoms with Crippen molar-refractivity contribution in [2.24, 2.45) is 5.92 Å². The number of rotatable bonds is 3. The molecule has 2 aromatic carbocycles. The second-order valence-corrected chi connectivity index (χ2v) is 7.51. The molecule has 0 radical (unpaired) electrons. The van der Waals surface area contributed by atoms with Gasteiger partial charge in [0.15, 0.2) is 17.5 Å². The summed E-state index contributed by atoms with van der Waals surface area (Å²) >= 11 is 0. The monoisotopic (exact) mass is 432 g/mol. The van der Waals surface area contributed by atoms with Crippen LogP contribution in [0.3, 0.4) is 0 Å². The van der Waals surface area contributed by atoms with Gasteiger partial charge in [0.25, 0.3) is 5.91 Å². The summed E-state index contributed by atoms with van der Waals surface area (Å²) < 4.78 is 56.0. The highest BCUT2D eigenvalue weighted by Crippen LogP contribution is 2.28. The Labute approximate surface area is 173 Å². The quantitative estimate of drug-likeness (QED) is 0.376. The number of ketones is 1. The van der Waals surface area contributed by atoms with Crippen molar-refractivity contribution >= 4 is 34.2 Å². The summed E-state index contributed by atoms with van der Waals surface area (Å²) in [5.74, 6) is -8.92. The summed E-state index contributed by atoms with van der Waals surface area (Å²) in [5.41, 5.74) is -0.220. The maximum Gasteiger partial charge on any atom is 0.268 e. The topological polar surface area (TPSA) is 68.2 Å². The average molecular weight is 432 g/mol. The number of carbonyl (C=O) groups is 3. The lowest BCUT2D eigenvalue weighted by Gasteiger charge is -2.11. The number of fused-ring (bicyclic) bond motifs is 1. The van der Waals surface area contributed by atoms with Crippen molar-refractivity contribution in [2.75, 3.05) is 5.32 Å². The molecule has 5 nitrogen and oxygen atoms in total. The van der Waals surface area contributed by atoms with Gasteiger partial charge in [0.2, 0.25) is 5.91 Å². The van der Waals surface area contributed by atoms with E-state index in [2.05, 4.69) is 5.32 Å². The van der Waals surface area contributed by atoms with Crippen molar-refractivity contribution in [3.8, 4) is 0 Å². The van der Waals surface area contributed by atoms with Crippen LogP contribution in [-0.2, 0) is 9.59 Å². The molecule has 0 saturated heterocycles. The smallest absolute Gasteiger partial charge is 0.268 e. The molecule has 0 aliphatic heterocycles. The van der Waals surface area contributed by atoms with Crippen LogP contribution < -0.4 is 5.32 Å². The molecule has 3 aromatic rings. The predicted octanol–water partition coefficient (Wildman–Crippen LogP) is 4.50. The first-order valence-electron chi connectivity index (χ1n) is 9.49. The van der Waals surface area contributed by atoms with Gasteiger partial charge < -0.3 is 5.32 Å². The molecule has 0 bridgehead atoms. The van der Waals surface area contributed by atoms with Crippen molar-refractivity contribution < 1.29 is 31.9 Å². The largest absolute Gasteiger partial charge is 0.326 e. The number of aromatic nitrogens is 1. The fourth-order valence-corrected chi connectivity index (χ4v) is 3.86. The van der Waals surface area contributed by atoms with Gasteiger partial charge in [-0.05, 0) is 37.6 Å². The Kier molecular flexibility index (Phi) is 5.12. The average Bonchev–Trinajstić information content (AvgIpc) is 3.28. The van der Waals surface area contributed by atoms with Crippen LogP contribution in [0.25, 0.3) is 10.9 Å². The minimum Gasteiger partial charge on any atom is -0.326 e. The number of amides is 1. The number of carbonyl (C=O) groups excluding carboxylic acids is 3. The Balaban J connectivity index is 1.68. The second-order valence-electron chi connectivity index (χ2n) is 7.51. The Morgan fingerprint density at radius 1 is 1.03 bits per heavy atom. The Morgan fingerprint density at radius 2 is 1.77 bits per heavy atom. The first kappa shape index (κ1) is 20.8. The third kappa shape index (κ3) is 3.60. The third-order valence-electron chi connectivity index (χ3n) is 5.40. The van der Waals surface area contributed by atoms with E-state index < -0.39 is 40.7 Å². The van der Waals surface area contributed by atoms with Gasteiger partial charge in [0.05, 0.1) is 5.52 Å². The summed E-state index contributed by atoms with van der Waals surface area (Å²) in [7, 11) is 0. The number of aryl methyl sites for hydroxylation is 1. The highest BCUT2D eigenvalue weighted by molar-refractivity contribution is 6.04. The van der Waals surface area contributed by atoms with E-state index in [9.17, 15) is 31.9 Å². The lowest BCUT2D eigenvalue weighted by Crippen LogP contribution is -2.20. The summed E-state index contributed by atoms with van der Waals surface area (Å²) in [6, 6.07) is 6.20. The molecule has 4 rings (SSSR count). The van der Waals surface area contributed by atoms with E-state index in [0.29, 0.717) is 29.6 Å². The highest BCUT2D eigenvalue weighted by Gasteiger charge is 2.29. The molecule has 1 heterocycles. The number of hydrogen-bond donors (Lipinski definition) is 1. The zero-order valence-electron chi connectivity index (χ0n) is 16.3. The normalized spacial score (nSPS) is 16.2. The van der Waals surface area contributed by atoms with Crippen molar-refractivity contribution in [3.63, 3.8) is 0 Å². The standard InChI is InChI=1S/C22H16F4N2O3/c1-10-6-12-7-13(27-21(30)11-2-4-14(29)8-11)3-5-17(12)28(10)22(31)18-15(23)9-16(24)19(25)20(18)26/h3,5-7,9,11H,2,4,8H2,1H3,(H,27,30). The van der Waals surface area contributed by atoms with Gasteiger partial charge in [-0.3, -0.25) is 19.0 Å². The number of halogens is 4. The SMILES string of the molecule is Cc1cc2cc(NC(=O)C3CCC(=O)C3)ccc2n1C(=O)c1c(F)cc(F)c(F)c1F. The molecular weight excluding hydrogens is 416 g/mol. The predicted molar refractivity (Wildman–Crippen MR) is 104 cm³/mol. The van der Waals surface area contributed by atoms with Crippen molar-refractivity contribution in [1.29, 1.82) is 0 Å². The van der Waals surface area contributed by atoms with Crippen LogP contribution in [0.1, 0.15) is 35.3 Å². The summed E-state index contributed by atoms with van der Waals surface area (Å²) in [6.45, 7) is 1.51. The molecule has 1 aliphatic carbocycles. The van der Waals surface area contributed by atoms with Crippen LogP contribution in [0, 0.1) is 36.1 Å². The fraction of sp³-hybridized carbons (Fsp3) is 0.227. The molecule has 1 aliphatic rings. The molecule has 1 saturated carbocycles. The molecular formula is C22H16F4N2O3. The van der Waals surface area contributed by atoms with Crippen LogP contribution in [0.15, 0.2) is 30.3 Å². The molecule has 160 valence electrons. The van der Waals surface area contributed by atoms with Gasteiger partial charge in [0.1, 0.15) is 17.2 Å². The fourth-order valence-electron chi connectivity index (χ4n) is 3.86. The molecule has 1 aromatic heterocycles. The number of nitrogens with zero attached hydrogens (tertiary/aromatic N) is 1. The molecule has 9 heteroatoms. The number of nitrogens with one attached hydrogen (secondary N) is 1. The maximum absolute atomic E-state index is 14.1. The van der Waals surface area contributed by atoms with Gasteiger partial charge in [-0.2, -0.15) is 0 Å². The van der Waals surface area contributed by atoms with Crippen molar-refractivity contribution in [3.05, 3.63) is 64.9 Å². The second kappa shape index (κ2) is 7.64. The van der Waals surface area contributed by atoms with E-state index in [0.717, 1.165) is 4.57 Å². The number of Topliss-reactive ketones (excluding diaryl/α,β-unsaturated/α-hetero) is 1. The number of anilines is 1. The Morgan fingerprint density at radius 3 is 2.45 bits per heavy atom. The van der Waals surface area contributed by atoms with Crippen LogP contribution in [-0.4, -0.2) is 22.2 Å². The molecule has 1 N–H and O–H groups in total. The lowest BCUT2D eigenvalue weighted by atomic mass is 10.1. The van der Waals surface area contributed by atoms with E-state index >= 15 is 0 Å². The van der Waals surface area contributed by atoms with Gasteiger partial charge in [-0.25, -0.2) is 17.6 Å². The van der Waals surface area contributed by atoms with Gasteiger partial charge in [-0.15, -0.1) is 0 Å². The zero-order chi connectivity index (χ0) is 22.4. The van der Waals surface area contributed by atoms with E-state index in [4.69, 9.17) is 0 Å². The van der Waals surface area contributed by atoms with Gasteiger partial charge >= 0.3 is 0 Å². The van der Waals surface area contributed by atoms with E-state index in [1.54, 1.807) is 12.1 Å². The maximum atomic E-state index is 14.1. The highest BCUT2D eigenvalue weighted by atomic mass is 19.2. The third-order valence-corrected chi connectivity index (χ3v) is 5.40. The zero-order valence-corrected chi connectivity index (χ0v) is 16.3. The van der Waals surface area contributed by atoms with Crippen LogP contribution in [0.4, 0.5) is 23.2 Å². The Bertz CT molecular complexity index is 1270. The van der Waals surface area contributed by atoms with E-state index in [1.165, 1.54) is 19.1 Å². The minimum absolute atomic E-state index is 0.0403. The van der Waals surface area contributed by atoms with Crippen molar-refractivity contribution in [2.45, 2.75) is 26.2 Å². The Hall–Kier alpha value is -3.49. The van der Waals surface area contributed by atoms with Gasteiger partial charge in [0, 0.05) is 41.6 Å². The molecule has 31 heavy (non-hydrogen) atoms. The van der Waals surface area contributed by atoms with E-state index in [1.807, 2.05) is 0 Å². The van der Waals surface area contributed by atoms with Crippen molar-refractivity contribution in [1.82, 2.24) is 4.57 Å². The molecule has 1 unspecified atom stereocenters. The summed E-state index contributed by atoms with van der Waals surface area (Å²) in [6.07, 6.45) is 1.06. The summed E-state index contributed by atoms with van der Waals surface area (Å²) in [5, 5.41) is 3.20. The van der Waals surface area contributed by atoms with Crippen LogP contribution in [0.5, 0.6) is 0 Å². The summed E-state index contributed by atoms with van der Waals surface area (Å²) in [4.78, 5) is 36.5. The molecule has 1 fully saturated rings. The van der Waals surface area contributed by atoms with Crippen LogP contribution in [0.2, 0.25) is 0 Å². The van der Waals surface area contributed by atoms with E-state index in [-0.39, 0.29) is 29.7 Å². The minimum atomic E-state index is -1.94. The van der Waals surface area contributed by atoms with Crippen LogP contribution >= 0.6 is 0 Å². The lowest BCUT2D eigenvalue weighted by molar-refractivity contribution is -0.122. The molecule has 1 atom stereocenters.